The summed E-state index contributed by atoms with van der Waals surface area (Å²) in [6, 6.07) is 3.54. The molecule has 2 bridgehead atoms. The smallest absolute Gasteiger partial charge is 0.254 e. The standard InChI is InChI=1S/C17H14I2N2O3/c18-11-5-8(6-12(19)15(11)22)7-20-21-16(23)13-9-1-2-10(4-3-9)14(13)17(21)24/h1-2,5-7,9-10,13-14,22H,3-4H2/b20-7-/t9-,10-,13+,14+/m1/s1. The van der Waals surface area contributed by atoms with Crippen LogP contribution in [0.4, 0.5) is 0 Å². The first-order valence-corrected chi connectivity index (χ1v) is 9.91. The van der Waals surface area contributed by atoms with Crippen molar-refractivity contribution in [3.63, 3.8) is 0 Å². The number of benzene rings is 1. The van der Waals surface area contributed by atoms with Crippen LogP contribution in [0.25, 0.3) is 0 Å². The summed E-state index contributed by atoms with van der Waals surface area (Å²) >= 11 is 4.08. The van der Waals surface area contributed by atoms with E-state index in [0.717, 1.165) is 23.4 Å². The molecule has 4 atom stereocenters. The number of hydrogen-bond donors (Lipinski definition) is 1. The quantitative estimate of drug-likeness (QED) is 0.268. The van der Waals surface area contributed by atoms with Crippen LogP contribution in [0.1, 0.15) is 18.4 Å². The average Bonchev–Trinajstić information content (AvgIpc) is 2.85. The number of allylic oxidation sites excluding steroid dienone is 2. The summed E-state index contributed by atoms with van der Waals surface area (Å²) in [5, 5.41) is 15.1. The van der Waals surface area contributed by atoms with Gasteiger partial charge in [0.2, 0.25) is 0 Å². The highest BCUT2D eigenvalue weighted by Crippen LogP contribution is 2.49. The number of phenolic OH excluding ortho intramolecular Hbond substituents is 1. The number of hydrogen-bond acceptors (Lipinski definition) is 4. The number of carbonyl (C=O) groups is 2. The average molecular weight is 548 g/mol. The Morgan fingerprint density at radius 3 is 2.00 bits per heavy atom. The fourth-order valence-electron chi connectivity index (χ4n) is 3.96. The second-order valence-corrected chi connectivity index (χ2v) is 8.73. The number of nitrogens with zero attached hydrogens (tertiary/aromatic N) is 2. The van der Waals surface area contributed by atoms with Gasteiger partial charge in [-0.15, -0.1) is 0 Å². The van der Waals surface area contributed by atoms with E-state index in [-0.39, 0.29) is 41.2 Å². The third kappa shape index (κ3) is 2.51. The molecule has 5 rings (SSSR count). The van der Waals surface area contributed by atoms with Crippen LogP contribution >= 0.6 is 45.2 Å². The maximum Gasteiger partial charge on any atom is 0.254 e. The minimum atomic E-state index is -0.238. The third-order valence-corrected chi connectivity index (χ3v) is 6.74. The minimum Gasteiger partial charge on any atom is -0.506 e. The van der Waals surface area contributed by atoms with Crippen molar-refractivity contribution >= 4 is 63.2 Å². The lowest BCUT2D eigenvalue weighted by molar-refractivity contribution is -0.140. The summed E-state index contributed by atoms with van der Waals surface area (Å²) in [5.74, 6) is -0.251. The molecule has 124 valence electrons. The van der Waals surface area contributed by atoms with Crippen molar-refractivity contribution in [3.05, 3.63) is 37.0 Å². The molecule has 1 aromatic carbocycles. The van der Waals surface area contributed by atoms with Crippen LogP contribution in [0.3, 0.4) is 0 Å². The van der Waals surface area contributed by atoms with Gasteiger partial charge < -0.3 is 5.11 Å². The second kappa shape index (κ2) is 6.08. The highest BCUT2D eigenvalue weighted by atomic mass is 127. The Morgan fingerprint density at radius 1 is 1.04 bits per heavy atom. The number of halogens is 2. The van der Waals surface area contributed by atoms with E-state index in [4.69, 9.17) is 0 Å². The molecular formula is C17H14I2N2O3. The van der Waals surface area contributed by atoms with Gasteiger partial charge in [-0.1, -0.05) is 12.2 Å². The van der Waals surface area contributed by atoms with Crippen LogP contribution in [0.5, 0.6) is 5.75 Å². The van der Waals surface area contributed by atoms with Crippen LogP contribution in [0, 0.1) is 30.8 Å². The molecule has 0 spiro atoms. The summed E-state index contributed by atoms with van der Waals surface area (Å²) < 4.78 is 1.41. The van der Waals surface area contributed by atoms with Crippen molar-refractivity contribution in [2.75, 3.05) is 0 Å². The first kappa shape index (κ1) is 16.5. The normalized spacial score (nSPS) is 31.3. The Balaban J connectivity index is 1.62. The van der Waals surface area contributed by atoms with Crippen LogP contribution in [-0.4, -0.2) is 28.1 Å². The van der Waals surface area contributed by atoms with Gasteiger partial charge in [-0.3, -0.25) is 9.59 Å². The molecule has 1 aliphatic heterocycles. The van der Waals surface area contributed by atoms with Gasteiger partial charge in [0.15, 0.2) is 0 Å². The second-order valence-electron chi connectivity index (χ2n) is 6.41. The monoisotopic (exact) mass is 548 g/mol. The molecule has 7 heteroatoms. The molecule has 0 unspecified atom stereocenters. The van der Waals surface area contributed by atoms with E-state index in [1.54, 1.807) is 12.1 Å². The van der Waals surface area contributed by atoms with Gasteiger partial charge in [0.1, 0.15) is 5.75 Å². The maximum absolute atomic E-state index is 12.7. The predicted molar refractivity (Wildman–Crippen MR) is 105 cm³/mol. The van der Waals surface area contributed by atoms with Gasteiger partial charge in [0.25, 0.3) is 11.8 Å². The van der Waals surface area contributed by atoms with Crippen molar-refractivity contribution in [1.82, 2.24) is 5.01 Å². The van der Waals surface area contributed by atoms with E-state index in [0.29, 0.717) is 7.14 Å². The third-order valence-electron chi connectivity index (χ3n) is 5.10. The van der Waals surface area contributed by atoms with Gasteiger partial charge >= 0.3 is 0 Å². The molecule has 5 nitrogen and oxygen atoms in total. The molecule has 0 radical (unpaired) electrons. The van der Waals surface area contributed by atoms with Gasteiger partial charge in [-0.05, 0) is 87.6 Å². The summed E-state index contributed by atoms with van der Waals surface area (Å²) in [4.78, 5) is 25.3. The molecule has 1 aromatic rings. The van der Waals surface area contributed by atoms with Gasteiger partial charge in [0.05, 0.1) is 25.2 Å². The van der Waals surface area contributed by atoms with E-state index in [2.05, 4.69) is 17.3 Å². The highest BCUT2D eigenvalue weighted by Gasteiger charge is 2.56. The van der Waals surface area contributed by atoms with E-state index >= 15 is 0 Å². The minimum absolute atomic E-state index is 0.173. The molecule has 2 fully saturated rings. The Hall–Kier alpha value is -0.970. The number of imide groups is 1. The molecule has 1 N–H and O–H groups in total. The lowest BCUT2D eigenvalue weighted by atomic mass is 9.63. The number of amides is 2. The molecule has 24 heavy (non-hydrogen) atoms. The molecule has 1 heterocycles. The number of hydrazone groups is 1. The Labute approximate surface area is 166 Å². The number of rotatable bonds is 2. The van der Waals surface area contributed by atoms with E-state index in [1.807, 2.05) is 45.2 Å². The lowest BCUT2D eigenvalue weighted by Gasteiger charge is -2.37. The largest absolute Gasteiger partial charge is 0.506 e. The van der Waals surface area contributed by atoms with E-state index in [9.17, 15) is 14.7 Å². The first-order valence-electron chi connectivity index (χ1n) is 7.75. The summed E-state index contributed by atoms with van der Waals surface area (Å²) in [6.45, 7) is 0. The van der Waals surface area contributed by atoms with Crippen molar-refractivity contribution in [2.45, 2.75) is 12.8 Å². The van der Waals surface area contributed by atoms with E-state index in [1.165, 1.54) is 6.21 Å². The fourth-order valence-corrected chi connectivity index (χ4v) is 5.77. The van der Waals surface area contributed by atoms with Gasteiger partial charge in [-0.25, -0.2) is 0 Å². The Morgan fingerprint density at radius 2 is 1.54 bits per heavy atom. The number of carbonyl (C=O) groups excluding carboxylic acids is 2. The maximum atomic E-state index is 12.7. The summed E-state index contributed by atoms with van der Waals surface area (Å²) in [5.41, 5.74) is 0.748. The molecule has 2 amide bonds. The fraction of sp³-hybridized carbons (Fsp3) is 0.353. The highest BCUT2D eigenvalue weighted by molar-refractivity contribution is 14.1. The zero-order chi connectivity index (χ0) is 17.0. The summed E-state index contributed by atoms with van der Waals surface area (Å²) in [6.07, 6.45) is 7.67. The zero-order valence-electron chi connectivity index (χ0n) is 12.5. The van der Waals surface area contributed by atoms with Gasteiger partial charge in [-0.2, -0.15) is 10.1 Å². The SMILES string of the molecule is O=C1[C@@H]2[C@@H](C(=O)N1/N=C\c1cc(I)c(O)c(I)c1)[C@@H]1C=C[C@@H]2CC1. The molecular weight excluding hydrogens is 534 g/mol. The van der Waals surface area contributed by atoms with E-state index < -0.39 is 0 Å². The molecule has 3 aliphatic carbocycles. The summed E-state index contributed by atoms with van der Waals surface area (Å²) in [7, 11) is 0. The number of aromatic hydroxyl groups is 1. The van der Waals surface area contributed by atoms with Crippen LogP contribution in [-0.2, 0) is 9.59 Å². The van der Waals surface area contributed by atoms with Crippen molar-refractivity contribution in [3.8, 4) is 5.75 Å². The first-order chi connectivity index (χ1) is 11.5. The topological polar surface area (TPSA) is 70.0 Å². The Kier molecular flexibility index (Phi) is 4.18. The molecule has 1 saturated carbocycles. The van der Waals surface area contributed by atoms with Crippen LogP contribution < -0.4 is 0 Å². The van der Waals surface area contributed by atoms with Gasteiger partial charge in [0, 0.05) is 0 Å². The molecule has 4 aliphatic rings. The lowest BCUT2D eigenvalue weighted by Crippen LogP contribution is -2.38. The Bertz CT molecular complexity index is 750. The van der Waals surface area contributed by atoms with Crippen molar-refractivity contribution < 1.29 is 14.7 Å². The van der Waals surface area contributed by atoms with Crippen LogP contribution in [0.15, 0.2) is 29.4 Å². The van der Waals surface area contributed by atoms with Crippen molar-refractivity contribution in [1.29, 1.82) is 0 Å². The number of fused-ring (bicyclic) bond motifs is 1. The molecule has 1 saturated heterocycles. The molecule has 0 aromatic heterocycles. The van der Waals surface area contributed by atoms with Crippen LogP contribution in [0.2, 0.25) is 0 Å². The predicted octanol–water partition coefficient (Wildman–Crippen LogP) is 3.13. The number of phenols is 1. The van der Waals surface area contributed by atoms with Crippen molar-refractivity contribution in [2.24, 2.45) is 28.8 Å². The zero-order valence-corrected chi connectivity index (χ0v) is 16.8.